The van der Waals surface area contributed by atoms with E-state index in [-0.39, 0.29) is 16.4 Å². The lowest BCUT2D eigenvalue weighted by Gasteiger charge is -2.08. The third-order valence-electron chi connectivity index (χ3n) is 2.66. The summed E-state index contributed by atoms with van der Waals surface area (Å²) in [6.07, 6.45) is 1.36. The molecule has 1 heterocycles. The first-order chi connectivity index (χ1) is 9.19. The number of carbonyl (C=O) groups is 2. The summed E-state index contributed by atoms with van der Waals surface area (Å²) in [7, 11) is 0. The van der Waals surface area contributed by atoms with Crippen molar-refractivity contribution >= 4 is 34.5 Å². The Morgan fingerprint density at radius 3 is 2.58 bits per heavy atom. The highest BCUT2D eigenvalue weighted by Gasteiger charge is 2.31. The lowest BCUT2D eigenvalue weighted by molar-refractivity contribution is -0.118. The second kappa shape index (κ2) is 6.82. The molecule has 1 aromatic rings. The average molecular weight is 300 g/mol. The largest absolute Gasteiger partial charge is 0.494 e. The van der Waals surface area contributed by atoms with E-state index in [4.69, 9.17) is 16.3 Å². The minimum atomic E-state index is -0.324. The van der Waals surface area contributed by atoms with Gasteiger partial charge in [0.15, 0.2) is 0 Å². The smallest absolute Gasteiger partial charge is 0.286 e. The Hall–Kier alpha value is -1.20. The molecule has 1 aromatic carbocycles. The van der Waals surface area contributed by atoms with Gasteiger partial charge in [-0.05, 0) is 30.5 Å². The van der Waals surface area contributed by atoms with Crippen molar-refractivity contribution in [1.29, 1.82) is 0 Å². The van der Waals surface area contributed by atoms with Crippen LogP contribution in [-0.2, 0) is 11.2 Å². The number of ether oxygens (including phenoxy) is 1. The van der Waals surface area contributed by atoms with Crippen LogP contribution in [0.4, 0.5) is 4.79 Å². The number of halogens is 1. The summed E-state index contributed by atoms with van der Waals surface area (Å²) in [4.78, 5) is 22.5. The van der Waals surface area contributed by atoms with E-state index in [0.29, 0.717) is 18.9 Å². The van der Waals surface area contributed by atoms with Crippen LogP contribution in [0, 0.1) is 0 Å². The lowest BCUT2D eigenvalue weighted by atomic mass is 10.1. The van der Waals surface area contributed by atoms with E-state index in [2.05, 4.69) is 5.32 Å². The van der Waals surface area contributed by atoms with Gasteiger partial charge in [0, 0.05) is 5.88 Å². The van der Waals surface area contributed by atoms with Crippen LogP contribution in [0.2, 0.25) is 0 Å². The minimum Gasteiger partial charge on any atom is -0.494 e. The predicted octanol–water partition coefficient (Wildman–Crippen LogP) is 2.59. The molecule has 1 saturated heterocycles. The van der Waals surface area contributed by atoms with Crippen molar-refractivity contribution in [3.63, 3.8) is 0 Å². The molecule has 0 aliphatic carbocycles. The highest BCUT2D eigenvalue weighted by molar-refractivity contribution is 8.15. The molecule has 0 bridgehead atoms. The number of nitrogens with one attached hydrogen (secondary N) is 1. The van der Waals surface area contributed by atoms with Crippen LogP contribution in [0.3, 0.4) is 0 Å². The molecule has 1 aliphatic heterocycles. The predicted molar refractivity (Wildman–Crippen MR) is 75.9 cm³/mol. The number of hydrogen-bond acceptors (Lipinski definition) is 4. The van der Waals surface area contributed by atoms with Crippen LogP contribution in [0.25, 0.3) is 0 Å². The number of rotatable bonds is 6. The van der Waals surface area contributed by atoms with Gasteiger partial charge in [0.25, 0.3) is 5.24 Å². The van der Waals surface area contributed by atoms with Gasteiger partial charge in [0.05, 0.1) is 11.9 Å². The average Bonchev–Trinajstić information content (AvgIpc) is 2.70. The first-order valence-corrected chi connectivity index (χ1v) is 7.39. The second-order valence-corrected chi connectivity index (χ2v) is 5.68. The molecule has 2 amide bonds. The van der Waals surface area contributed by atoms with E-state index in [9.17, 15) is 9.59 Å². The zero-order valence-electron chi connectivity index (χ0n) is 10.2. The van der Waals surface area contributed by atoms with E-state index in [1.807, 2.05) is 24.3 Å². The topological polar surface area (TPSA) is 55.4 Å². The summed E-state index contributed by atoms with van der Waals surface area (Å²) < 4.78 is 5.49. The zero-order chi connectivity index (χ0) is 13.7. The third kappa shape index (κ3) is 4.14. The molecule has 1 unspecified atom stereocenters. The molecule has 0 aromatic heterocycles. The zero-order valence-corrected chi connectivity index (χ0v) is 11.8. The molecule has 0 radical (unpaired) electrons. The number of hydrogen-bond donors (Lipinski definition) is 1. The molecule has 6 heteroatoms. The van der Waals surface area contributed by atoms with E-state index in [1.165, 1.54) is 0 Å². The lowest BCUT2D eigenvalue weighted by Crippen LogP contribution is -2.25. The van der Waals surface area contributed by atoms with Crippen LogP contribution in [-0.4, -0.2) is 28.9 Å². The number of imide groups is 1. The standard InChI is InChI=1S/C13H14ClNO3S/c14-6-1-7-18-10-4-2-9(3-5-10)8-11-12(16)15-13(17)19-11/h2-5,11H,1,6-8H2,(H,15,16,17). The molecule has 1 aliphatic rings. The van der Waals surface area contributed by atoms with Crippen LogP contribution < -0.4 is 10.1 Å². The van der Waals surface area contributed by atoms with Crippen molar-refractivity contribution in [2.24, 2.45) is 0 Å². The third-order valence-corrected chi connectivity index (χ3v) is 3.91. The molecule has 19 heavy (non-hydrogen) atoms. The number of benzene rings is 1. The maximum Gasteiger partial charge on any atom is 0.286 e. The van der Waals surface area contributed by atoms with Crippen molar-refractivity contribution < 1.29 is 14.3 Å². The van der Waals surface area contributed by atoms with Crippen LogP contribution in [0.1, 0.15) is 12.0 Å². The van der Waals surface area contributed by atoms with Gasteiger partial charge in [-0.15, -0.1) is 11.6 Å². The Labute approximate surface area is 120 Å². The molecule has 4 nitrogen and oxygen atoms in total. The van der Waals surface area contributed by atoms with Gasteiger partial charge >= 0.3 is 0 Å². The Morgan fingerprint density at radius 1 is 1.26 bits per heavy atom. The fourth-order valence-corrected chi connectivity index (χ4v) is 2.68. The second-order valence-electron chi connectivity index (χ2n) is 4.12. The molecule has 2 rings (SSSR count). The van der Waals surface area contributed by atoms with Gasteiger partial charge in [-0.25, -0.2) is 0 Å². The molecule has 0 spiro atoms. The summed E-state index contributed by atoms with van der Waals surface area (Å²) in [6, 6.07) is 7.55. The van der Waals surface area contributed by atoms with Crippen LogP contribution in [0.15, 0.2) is 24.3 Å². The van der Waals surface area contributed by atoms with E-state index >= 15 is 0 Å². The van der Waals surface area contributed by atoms with Gasteiger partial charge in [-0.1, -0.05) is 23.9 Å². The molecule has 1 fully saturated rings. The molecule has 1 N–H and O–H groups in total. The number of amides is 2. The van der Waals surface area contributed by atoms with E-state index in [0.717, 1.165) is 29.5 Å². The van der Waals surface area contributed by atoms with Crippen molar-refractivity contribution in [2.75, 3.05) is 12.5 Å². The van der Waals surface area contributed by atoms with Crippen molar-refractivity contribution in [1.82, 2.24) is 5.32 Å². The summed E-state index contributed by atoms with van der Waals surface area (Å²) >= 11 is 6.61. The first-order valence-electron chi connectivity index (χ1n) is 5.98. The number of carbonyl (C=O) groups excluding carboxylic acids is 2. The number of thioether (sulfide) groups is 1. The van der Waals surface area contributed by atoms with E-state index in [1.54, 1.807) is 0 Å². The molecular formula is C13H14ClNO3S. The first kappa shape index (κ1) is 14.2. The van der Waals surface area contributed by atoms with Gasteiger partial charge in [-0.2, -0.15) is 0 Å². The SMILES string of the molecule is O=C1NC(=O)C(Cc2ccc(OCCCCl)cc2)S1. The minimum absolute atomic E-state index is 0.211. The summed E-state index contributed by atoms with van der Waals surface area (Å²) in [5, 5.41) is 1.69. The highest BCUT2D eigenvalue weighted by Crippen LogP contribution is 2.23. The highest BCUT2D eigenvalue weighted by atomic mass is 35.5. The maximum atomic E-state index is 11.4. The normalized spacial score (nSPS) is 18.5. The Bertz CT molecular complexity index is 463. The summed E-state index contributed by atoms with van der Waals surface area (Å²) in [5.74, 6) is 1.16. The molecular weight excluding hydrogens is 286 g/mol. The summed E-state index contributed by atoms with van der Waals surface area (Å²) in [6.45, 7) is 0.595. The van der Waals surface area contributed by atoms with Crippen LogP contribution >= 0.6 is 23.4 Å². The van der Waals surface area contributed by atoms with Gasteiger partial charge in [0.2, 0.25) is 5.91 Å². The fraction of sp³-hybridized carbons (Fsp3) is 0.385. The van der Waals surface area contributed by atoms with Crippen LogP contribution in [0.5, 0.6) is 5.75 Å². The Morgan fingerprint density at radius 2 is 2.00 bits per heavy atom. The fourth-order valence-electron chi connectivity index (χ4n) is 1.71. The van der Waals surface area contributed by atoms with E-state index < -0.39 is 0 Å². The Balaban J connectivity index is 1.88. The van der Waals surface area contributed by atoms with Gasteiger partial charge in [0.1, 0.15) is 5.75 Å². The van der Waals surface area contributed by atoms with Crippen molar-refractivity contribution in [3.05, 3.63) is 29.8 Å². The Kier molecular flexibility index (Phi) is 5.10. The molecule has 1 atom stereocenters. The number of alkyl halides is 1. The quantitative estimate of drug-likeness (QED) is 0.648. The maximum absolute atomic E-state index is 11.4. The van der Waals surface area contributed by atoms with Crippen molar-refractivity contribution in [3.8, 4) is 5.75 Å². The monoisotopic (exact) mass is 299 g/mol. The summed E-state index contributed by atoms with van der Waals surface area (Å²) in [5.41, 5.74) is 1.01. The van der Waals surface area contributed by atoms with Gasteiger partial charge in [-0.3, -0.25) is 14.9 Å². The molecule has 0 saturated carbocycles. The molecule has 102 valence electrons. The van der Waals surface area contributed by atoms with Gasteiger partial charge < -0.3 is 4.74 Å². The van der Waals surface area contributed by atoms with Crippen molar-refractivity contribution in [2.45, 2.75) is 18.1 Å².